The number of benzene rings is 1. The van der Waals surface area contributed by atoms with Gasteiger partial charge in [-0.05, 0) is 18.6 Å². The van der Waals surface area contributed by atoms with E-state index in [1.165, 1.54) is 6.42 Å². The third-order valence-corrected chi connectivity index (χ3v) is 2.87. The summed E-state index contributed by atoms with van der Waals surface area (Å²) >= 11 is 0. The first kappa shape index (κ1) is 13.9. The summed E-state index contributed by atoms with van der Waals surface area (Å²) in [7, 11) is 0. The van der Waals surface area contributed by atoms with Gasteiger partial charge in [0, 0.05) is 19.7 Å². The Labute approximate surface area is 114 Å². The molecule has 0 spiro atoms. The van der Waals surface area contributed by atoms with Gasteiger partial charge in [-0.1, -0.05) is 25.5 Å². The molecule has 1 aromatic carbocycles. The third kappa shape index (κ3) is 4.58. The van der Waals surface area contributed by atoms with E-state index in [2.05, 4.69) is 22.2 Å². The van der Waals surface area contributed by atoms with Crippen LogP contribution in [0.25, 0.3) is 11.0 Å². The van der Waals surface area contributed by atoms with E-state index in [4.69, 9.17) is 4.74 Å². The van der Waals surface area contributed by atoms with Gasteiger partial charge in [0.1, 0.15) is 0 Å². The fraction of sp³-hybridized carbons (Fsp3) is 0.467. The van der Waals surface area contributed by atoms with Crippen molar-refractivity contribution in [2.24, 2.45) is 0 Å². The lowest BCUT2D eigenvalue weighted by Crippen LogP contribution is -2.20. The molecule has 4 heteroatoms. The summed E-state index contributed by atoms with van der Waals surface area (Å²) in [5.74, 6) is 0. The minimum atomic E-state index is 0.731. The van der Waals surface area contributed by atoms with E-state index in [1.54, 1.807) is 0 Å². The van der Waals surface area contributed by atoms with Crippen LogP contribution in [0.3, 0.4) is 0 Å². The number of unbranched alkanes of at least 4 members (excludes halogenated alkanes) is 1. The molecule has 0 aliphatic heterocycles. The van der Waals surface area contributed by atoms with E-state index >= 15 is 0 Å². The van der Waals surface area contributed by atoms with Crippen LogP contribution in [-0.2, 0) is 11.3 Å². The van der Waals surface area contributed by atoms with Crippen LogP contribution in [-0.4, -0.2) is 29.7 Å². The van der Waals surface area contributed by atoms with Crippen LogP contribution in [0.15, 0.2) is 30.5 Å². The Kier molecular flexibility index (Phi) is 5.72. The highest BCUT2D eigenvalue weighted by molar-refractivity contribution is 5.73. The molecule has 1 aromatic heterocycles. The second-order valence-electron chi connectivity index (χ2n) is 4.49. The topological polar surface area (TPSA) is 47.0 Å². The lowest BCUT2D eigenvalue weighted by molar-refractivity contribution is 0.133. The highest BCUT2D eigenvalue weighted by atomic mass is 16.5. The SMILES string of the molecule is CCCCOCCNCc1cnc2ccccc2n1. The second-order valence-corrected chi connectivity index (χ2v) is 4.49. The van der Waals surface area contributed by atoms with Crippen LogP contribution in [0.4, 0.5) is 0 Å². The Bertz CT molecular complexity index is 501. The third-order valence-electron chi connectivity index (χ3n) is 2.87. The van der Waals surface area contributed by atoms with Crippen LogP contribution in [0.5, 0.6) is 0 Å². The van der Waals surface area contributed by atoms with Gasteiger partial charge in [0.15, 0.2) is 0 Å². The summed E-state index contributed by atoms with van der Waals surface area (Å²) in [6, 6.07) is 7.92. The van der Waals surface area contributed by atoms with Gasteiger partial charge in [0.05, 0.1) is 29.5 Å². The van der Waals surface area contributed by atoms with E-state index in [0.29, 0.717) is 0 Å². The number of aromatic nitrogens is 2. The Morgan fingerprint density at radius 3 is 2.84 bits per heavy atom. The maximum absolute atomic E-state index is 5.48. The van der Waals surface area contributed by atoms with Crippen LogP contribution in [0.1, 0.15) is 25.5 Å². The first-order valence-corrected chi connectivity index (χ1v) is 6.89. The fourth-order valence-electron chi connectivity index (χ4n) is 1.79. The molecule has 1 heterocycles. The maximum Gasteiger partial charge on any atom is 0.0890 e. The summed E-state index contributed by atoms with van der Waals surface area (Å²) in [4.78, 5) is 8.94. The standard InChI is InChI=1S/C15H21N3O/c1-2-3-9-19-10-8-16-11-13-12-17-14-6-4-5-7-15(14)18-13/h4-7,12,16H,2-3,8-11H2,1H3. The molecular formula is C15H21N3O. The van der Waals surface area contributed by atoms with Crippen molar-refractivity contribution in [1.29, 1.82) is 0 Å². The average Bonchev–Trinajstić information content (AvgIpc) is 2.46. The fourth-order valence-corrected chi connectivity index (χ4v) is 1.79. The molecule has 1 N–H and O–H groups in total. The summed E-state index contributed by atoms with van der Waals surface area (Å²) < 4.78 is 5.48. The van der Waals surface area contributed by atoms with E-state index in [9.17, 15) is 0 Å². The number of rotatable bonds is 8. The van der Waals surface area contributed by atoms with Crippen molar-refractivity contribution in [3.8, 4) is 0 Å². The van der Waals surface area contributed by atoms with Gasteiger partial charge in [-0.25, -0.2) is 4.98 Å². The molecule has 0 atom stereocenters. The molecular weight excluding hydrogens is 238 g/mol. The predicted molar refractivity (Wildman–Crippen MR) is 77.0 cm³/mol. The zero-order valence-corrected chi connectivity index (χ0v) is 11.4. The number of nitrogens with one attached hydrogen (secondary N) is 1. The van der Waals surface area contributed by atoms with E-state index in [-0.39, 0.29) is 0 Å². The van der Waals surface area contributed by atoms with Crippen molar-refractivity contribution < 1.29 is 4.74 Å². The van der Waals surface area contributed by atoms with Crippen LogP contribution in [0, 0.1) is 0 Å². The van der Waals surface area contributed by atoms with Gasteiger partial charge >= 0.3 is 0 Å². The van der Waals surface area contributed by atoms with Gasteiger partial charge in [-0.2, -0.15) is 0 Å². The largest absolute Gasteiger partial charge is 0.380 e. The summed E-state index contributed by atoms with van der Waals surface area (Å²) in [6.07, 6.45) is 4.14. The number of hydrogen-bond donors (Lipinski definition) is 1. The molecule has 2 rings (SSSR count). The van der Waals surface area contributed by atoms with Crippen molar-refractivity contribution in [3.05, 3.63) is 36.2 Å². The molecule has 0 fully saturated rings. The molecule has 0 amide bonds. The summed E-state index contributed by atoms with van der Waals surface area (Å²) in [5, 5.41) is 3.32. The number of hydrogen-bond acceptors (Lipinski definition) is 4. The minimum Gasteiger partial charge on any atom is -0.380 e. The van der Waals surface area contributed by atoms with E-state index in [0.717, 1.165) is 49.5 Å². The monoisotopic (exact) mass is 259 g/mol. The number of ether oxygens (including phenoxy) is 1. The predicted octanol–water partition coefficient (Wildman–Crippen LogP) is 2.54. The number of fused-ring (bicyclic) bond motifs is 1. The lowest BCUT2D eigenvalue weighted by Gasteiger charge is -2.06. The van der Waals surface area contributed by atoms with Crippen LogP contribution >= 0.6 is 0 Å². The molecule has 0 aliphatic rings. The number of nitrogens with zero attached hydrogens (tertiary/aromatic N) is 2. The van der Waals surface area contributed by atoms with Crippen molar-refractivity contribution >= 4 is 11.0 Å². The van der Waals surface area contributed by atoms with Gasteiger partial charge in [0.25, 0.3) is 0 Å². The maximum atomic E-state index is 5.48. The minimum absolute atomic E-state index is 0.731. The van der Waals surface area contributed by atoms with Gasteiger partial charge in [-0.3, -0.25) is 4.98 Å². The molecule has 102 valence electrons. The first-order chi connectivity index (χ1) is 9.40. The molecule has 0 aliphatic carbocycles. The Hall–Kier alpha value is -1.52. The van der Waals surface area contributed by atoms with Crippen LogP contribution in [0.2, 0.25) is 0 Å². The quantitative estimate of drug-likeness (QED) is 0.740. The smallest absolute Gasteiger partial charge is 0.0890 e. The Morgan fingerprint density at radius 2 is 2.00 bits per heavy atom. The number of para-hydroxylation sites is 2. The molecule has 4 nitrogen and oxygen atoms in total. The highest BCUT2D eigenvalue weighted by Gasteiger charge is 1.98. The average molecular weight is 259 g/mol. The molecule has 0 saturated carbocycles. The van der Waals surface area contributed by atoms with Crippen LogP contribution < -0.4 is 5.32 Å². The normalized spacial score (nSPS) is 11.0. The van der Waals surface area contributed by atoms with Crippen molar-refractivity contribution in [1.82, 2.24) is 15.3 Å². The van der Waals surface area contributed by atoms with Gasteiger partial charge in [0.2, 0.25) is 0 Å². The zero-order valence-electron chi connectivity index (χ0n) is 11.4. The van der Waals surface area contributed by atoms with Crippen molar-refractivity contribution in [3.63, 3.8) is 0 Å². The molecule has 19 heavy (non-hydrogen) atoms. The van der Waals surface area contributed by atoms with Gasteiger partial charge < -0.3 is 10.1 Å². The van der Waals surface area contributed by atoms with Crippen molar-refractivity contribution in [2.45, 2.75) is 26.3 Å². The molecule has 2 aromatic rings. The zero-order chi connectivity index (χ0) is 13.3. The lowest BCUT2D eigenvalue weighted by atomic mass is 10.3. The van der Waals surface area contributed by atoms with Gasteiger partial charge in [-0.15, -0.1) is 0 Å². The highest BCUT2D eigenvalue weighted by Crippen LogP contribution is 2.07. The molecule has 0 radical (unpaired) electrons. The molecule has 0 bridgehead atoms. The first-order valence-electron chi connectivity index (χ1n) is 6.89. The van der Waals surface area contributed by atoms with E-state index < -0.39 is 0 Å². The summed E-state index contributed by atoms with van der Waals surface area (Å²) in [6.45, 7) is 5.35. The van der Waals surface area contributed by atoms with Crippen molar-refractivity contribution in [2.75, 3.05) is 19.8 Å². The molecule has 0 saturated heterocycles. The Balaban J connectivity index is 1.72. The second kappa shape index (κ2) is 7.81. The van der Waals surface area contributed by atoms with E-state index in [1.807, 2.05) is 30.5 Å². The summed E-state index contributed by atoms with van der Waals surface area (Å²) in [5.41, 5.74) is 2.85. The molecule has 0 unspecified atom stereocenters. The Morgan fingerprint density at radius 1 is 1.16 bits per heavy atom.